The minimum absolute atomic E-state index is 0. The summed E-state index contributed by atoms with van der Waals surface area (Å²) in [5.41, 5.74) is 8.80. The number of likely N-dealkylation sites (tertiary alicyclic amines) is 1. The lowest BCUT2D eigenvalue weighted by Gasteiger charge is -2.32. The third kappa shape index (κ3) is 6.39. The number of piperidine rings is 1. The number of rotatable bonds is 4. The van der Waals surface area contributed by atoms with Crippen molar-refractivity contribution < 1.29 is 0 Å². The Morgan fingerprint density at radius 3 is 2.38 bits per heavy atom. The van der Waals surface area contributed by atoms with Crippen molar-refractivity contribution in [1.29, 1.82) is 0 Å². The van der Waals surface area contributed by atoms with Gasteiger partial charge in [0.1, 0.15) is 0 Å². The van der Waals surface area contributed by atoms with Gasteiger partial charge in [-0.1, -0.05) is 31.2 Å². The topological polar surface area (TPSA) is 48.1 Å². The van der Waals surface area contributed by atoms with Crippen LogP contribution in [0.15, 0.2) is 29.3 Å². The van der Waals surface area contributed by atoms with Crippen LogP contribution in [-0.2, 0) is 13.1 Å². The van der Waals surface area contributed by atoms with Gasteiger partial charge in [0.2, 0.25) is 0 Å². The molecule has 2 aliphatic rings. The zero-order valence-corrected chi connectivity index (χ0v) is 18.6. The number of nitrogens with zero attached hydrogens (tertiary/aromatic N) is 4. The lowest BCUT2D eigenvalue weighted by atomic mass is 10.0. The molecule has 0 bridgehead atoms. The molecule has 1 aromatic carbocycles. The van der Waals surface area contributed by atoms with E-state index in [9.17, 15) is 0 Å². The lowest BCUT2D eigenvalue weighted by molar-refractivity contribution is 0.148. The van der Waals surface area contributed by atoms with E-state index in [1.54, 1.807) is 0 Å². The Bertz CT molecular complexity index is 566. The van der Waals surface area contributed by atoms with E-state index in [0.717, 1.165) is 38.6 Å². The highest BCUT2D eigenvalue weighted by Crippen LogP contribution is 2.15. The fourth-order valence-electron chi connectivity index (χ4n) is 3.68. The van der Waals surface area contributed by atoms with Crippen LogP contribution in [0, 0.1) is 5.92 Å². The number of guanidine groups is 1. The summed E-state index contributed by atoms with van der Waals surface area (Å²) in [5, 5.41) is 0. The van der Waals surface area contributed by atoms with Gasteiger partial charge < -0.3 is 15.5 Å². The van der Waals surface area contributed by atoms with Crippen molar-refractivity contribution in [2.75, 3.05) is 46.3 Å². The van der Waals surface area contributed by atoms with Gasteiger partial charge in [-0.25, -0.2) is 4.99 Å². The summed E-state index contributed by atoms with van der Waals surface area (Å²) in [7, 11) is 2.20. The van der Waals surface area contributed by atoms with E-state index in [2.05, 4.69) is 57.9 Å². The van der Waals surface area contributed by atoms with E-state index in [1.165, 1.54) is 37.1 Å². The molecule has 3 rings (SSSR count). The van der Waals surface area contributed by atoms with E-state index < -0.39 is 0 Å². The predicted octanol–water partition coefficient (Wildman–Crippen LogP) is 2.60. The molecule has 146 valence electrons. The molecule has 6 heteroatoms. The highest BCUT2D eigenvalue weighted by Gasteiger charge is 2.17. The van der Waals surface area contributed by atoms with E-state index in [1.807, 2.05) is 0 Å². The fourth-order valence-corrected chi connectivity index (χ4v) is 3.68. The molecule has 2 fully saturated rings. The summed E-state index contributed by atoms with van der Waals surface area (Å²) in [6, 6.07) is 8.87. The molecule has 2 N–H and O–H groups in total. The Kier molecular flexibility index (Phi) is 8.63. The first kappa shape index (κ1) is 21.4. The van der Waals surface area contributed by atoms with Gasteiger partial charge in [-0.05, 0) is 36.9 Å². The molecular formula is C20H34IN5. The van der Waals surface area contributed by atoms with Crippen LogP contribution in [0.5, 0.6) is 0 Å². The van der Waals surface area contributed by atoms with Gasteiger partial charge in [0.15, 0.2) is 5.96 Å². The molecular weight excluding hydrogens is 437 g/mol. The Labute approximate surface area is 175 Å². The van der Waals surface area contributed by atoms with Crippen LogP contribution in [0.1, 0.15) is 30.9 Å². The predicted molar refractivity (Wildman–Crippen MR) is 120 cm³/mol. The number of hydrogen-bond donors (Lipinski definition) is 1. The first-order valence-corrected chi connectivity index (χ1v) is 9.64. The normalized spacial score (nSPS) is 22.9. The van der Waals surface area contributed by atoms with Crippen molar-refractivity contribution in [2.24, 2.45) is 16.6 Å². The number of aliphatic imine (C=N–C) groups is 1. The first-order chi connectivity index (χ1) is 12.1. The number of likely N-dealkylation sites (N-methyl/N-ethyl adjacent to an activating group) is 1. The molecule has 0 saturated carbocycles. The second kappa shape index (κ2) is 10.5. The van der Waals surface area contributed by atoms with Gasteiger partial charge in [-0.2, -0.15) is 0 Å². The van der Waals surface area contributed by atoms with Crippen molar-refractivity contribution in [3.8, 4) is 0 Å². The van der Waals surface area contributed by atoms with Crippen LogP contribution in [0.25, 0.3) is 0 Å². The van der Waals surface area contributed by atoms with Crippen LogP contribution in [0.3, 0.4) is 0 Å². The van der Waals surface area contributed by atoms with Crippen LogP contribution < -0.4 is 5.73 Å². The number of piperazine rings is 1. The van der Waals surface area contributed by atoms with Crippen molar-refractivity contribution >= 4 is 29.9 Å². The van der Waals surface area contributed by atoms with E-state index in [0.29, 0.717) is 12.5 Å². The Morgan fingerprint density at radius 2 is 1.73 bits per heavy atom. The average Bonchev–Trinajstić information content (AvgIpc) is 2.63. The molecule has 0 amide bonds. The molecule has 2 aliphatic heterocycles. The SMILES string of the molecule is CC1CCCN(C(N)=NCc2ccc(CN3CCN(C)CC3)cc2)C1.I. The van der Waals surface area contributed by atoms with Gasteiger partial charge in [0, 0.05) is 45.8 Å². The second-order valence-electron chi connectivity index (χ2n) is 7.76. The largest absolute Gasteiger partial charge is 0.370 e. The van der Waals surface area contributed by atoms with E-state index in [-0.39, 0.29) is 24.0 Å². The maximum Gasteiger partial charge on any atom is 0.191 e. The van der Waals surface area contributed by atoms with Gasteiger partial charge >= 0.3 is 0 Å². The summed E-state index contributed by atoms with van der Waals surface area (Å²) >= 11 is 0. The maximum atomic E-state index is 6.19. The molecule has 1 aromatic rings. The molecule has 1 atom stereocenters. The van der Waals surface area contributed by atoms with Crippen LogP contribution >= 0.6 is 24.0 Å². The summed E-state index contributed by atoms with van der Waals surface area (Å²) in [5.74, 6) is 1.42. The van der Waals surface area contributed by atoms with E-state index in [4.69, 9.17) is 5.73 Å². The monoisotopic (exact) mass is 471 g/mol. The summed E-state index contributed by atoms with van der Waals surface area (Å²) < 4.78 is 0. The average molecular weight is 471 g/mol. The Balaban J connectivity index is 0.00000243. The van der Waals surface area contributed by atoms with Crippen LogP contribution in [-0.4, -0.2) is 67.0 Å². The molecule has 0 radical (unpaired) electrons. The highest BCUT2D eigenvalue weighted by atomic mass is 127. The van der Waals surface area contributed by atoms with E-state index >= 15 is 0 Å². The maximum absolute atomic E-state index is 6.19. The van der Waals surface area contributed by atoms with Gasteiger partial charge in [0.25, 0.3) is 0 Å². The number of nitrogens with two attached hydrogens (primary N) is 1. The van der Waals surface area contributed by atoms with Gasteiger partial charge in [0.05, 0.1) is 6.54 Å². The standard InChI is InChI=1S/C20H33N5.HI/c1-17-4-3-9-25(15-17)20(21)22-14-18-5-7-19(8-6-18)16-24-12-10-23(2)11-13-24;/h5-8,17H,3-4,9-16H2,1-2H3,(H2,21,22);1H. The summed E-state index contributed by atoms with van der Waals surface area (Å²) in [6.45, 7) is 10.8. The minimum Gasteiger partial charge on any atom is -0.370 e. The Hall–Kier alpha value is -0.860. The van der Waals surface area contributed by atoms with Crippen molar-refractivity contribution in [3.05, 3.63) is 35.4 Å². The summed E-state index contributed by atoms with van der Waals surface area (Å²) in [4.78, 5) is 11.8. The molecule has 0 aliphatic carbocycles. The van der Waals surface area contributed by atoms with Crippen molar-refractivity contribution in [2.45, 2.75) is 32.9 Å². The third-order valence-electron chi connectivity index (χ3n) is 5.43. The fraction of sp³-hybridized carbons (Fsp3) is 0.650. The van der Waals surface area contributed by atoms with Gasteiger partial charge in [-0.3, -0.25) is 4.90 Å². The molecule has 2 saturated heterocycles. The van der Waals surface area contributed by atoms with Crippen LogP contribution in [0.4, 0.5) is 0 Å². The minimum atomic E-state index is 0. The molecule has 5 nitrogen and oxygen atoms in total. The zero-order valence-electron chi connectivity index (χ0n) is 16.2. The zero-order chi connectivity index (χ0) is 17.6. The molecule has 0 aromatic heterocycles. The summed E-state index contributed by atoms with van der Waals surface area (Å²) in [6.07, 6.45) is 2.52. The van der Waals surface area contributed by atoms with Crippen LogP contribution in [0.2, 0.25) is 0 Å². The molecule has 1 unspecified atom stereocenters. The highest BCUT2D eigenvalue weighted by molar-refractivity contribution is 14.0. The quantitative estimate of drug-likeness (QED) is 0.417. The van der Waals surface area contributed by atoms with Crippen molar-refractivity contribution in [1.82, 2.24) is 14.7 Å². The number of hydrogen-bond acceptors (Lipinski definition) is 3. The first-order valence-electron chi connectivity index (χ1n) is 9.64. The molecule has 2 heterocycles. The molecule has 0 spiro atoms. The Morgan fingerprint density at radius 1 is 1.08 bits per heavy atom. The second-order valence-corrected chi connectivity index (χ2v) is 7.76. The lowest BCUT2D eigenvalue weighted by Crippen LogP contribution is -2.43. The van der Waals surface area contributed by atoms with Crippen molar-refractivity contribution in [3.63, 3.8) is 0 Å². The number of halogens is 1. The third-order valence-corrected chi connectivity index (χ3v) is 5.43. The van der Waals surface area contributed by atoms with Gasteiger partial charge in [-0.15, -0.1) is 24.0 Å². The number of benzene rings is 1. The molecule has 26 heavy (non-hydrogen) atoms. The smallest absolute Gasteiger partial charge is 0.191 e.